The van der Waals surface area contributed by atoms with Crippen LogP contribution in [-0.2, 0) is 0 Å². The van der Waals surface area contributed by atoms with Gasteiger partial charge in [0, 0.05) is 35.6 Å². The molecule has 0 saturated carbocycles. The van der Waals surface area contributed by atoms with Crippen LogP contribution in [0.1, 0.15) is 17.8 Å². The number of hydrogen-bond acceptors (Lipinski definition) is 5. The van der Waals surface area contributed by atoms with Crippen LogP contribution in [0.15, 0.2) is 42.0 Å². The molecule has 0 aliphatic carbocycles. The lowest BCUT2D eigenvalue weighted by atomic mass is 10.1. The van der Waals surface area contributed by atoms with Gasteiger partial charge in [0.2, 0.25) is 0 Å². The molecule has 0 radical (unpaired) electrons. The van der Waals surface area contributed by atoms with E-state index in [4.69, 9.17) is 4.74 Å². The number of ether oxygens (including phenoxy) is 1. The maximum atomic E-state index is 12.2. The van der Waals surface area contributed by atoms with Crippen LogP contribution >= 0.6 is 11.3 Å². The first kappa shape index (κ1) is 16.2. The lowest BCUT2D eigenvalue weighted by molar-refractivity contribution is 0.251. The minimum Gasteiger partial charge on any atom is -0.494 e. The zero-order valence-corrected chi connectivity index (χ0v) is 14.3. The third-order valence-corrected chi connectivity index (χ3v) is 4.65. The normalized spacial score (nSPS) is 11.9. The molecule has 24 heavy (non-hydrogen) atoms. The molecule has 3 rings (SSSR count). The van der Waals surface area contributed by atoms with Gasteiger partial charge in [-0.15, -0.1) is 11.3 Å². The molecule has 3 aromatic rings. The summed E-state index contributed by atoms with van der Waals surface area (Å²) in [6, 6.07) is 7.08. The van der Waals surface area contributed by atoms with Gasteiger partial charge in [-0.05, 0) is 24.3 Å². The van der Waals surface area contributed by atoms with Crippen LogP contribution in [0.2, 0.25) is 0 Å². The van der Waals surface area contributed by atoms with E-state index in [1.165, 1.54) is 0 Å². The highest BCUT2D eigenvalue weighted by atomic mass is 32.1. The highest BCUT2D eigenvalue weighted by Crippen LogP contribution is 2.29. The second-order valence-corrected chi connectivity index (χ2v) is 6.25. The summed E-state index contributed by atoms with van der Waals surface area (Å²) in [4.78, 5) is 20.8. The average molecular weight is 342 g/mol. The van der Waals surface area contributed by atoms with E-state index >= 15 is 0 Å². The number of aromatic nitrogens is 2. The Balaban J connectivity index is 1.69. The third-order valence-electron chi connectivity index (χ3n) is 3.64. The van der Waals surface area contributed by atoms with Gasteiger partial charge in [0.15, 0.2) is 0 Å². The fourth-order valence-corrected chi connectivity index (χ4v) is 3.10. The minimum absolute atomic E-state index is 0.171. The molecule has 1 aromatic carbocycles. The highest BCUT2D eigenvalue weighted by molar-refractivity contribution is 7.09. The molecule has 0 saturated heterocycles. The number of hydrogen-bond donors (Lipinski definition) is 2. The second kappa shape index (κ2) is 7.27. The summed E-state index contributed by atoms with van der Waals surface area (Å²) in [6.45, 7) is 2.55. The number of nitrogens with zero attached hydrogens (tertiary/aromatic N) is 2. The number of carbonyl (C=O) groups is 1. The Labute approximate surface area is 143 Å². The number of methoxy groups -OCH3 is 1. The molecule has 0 unspecified atom stereocenters. The molecule has 0 fully saturated rings. The molecular weight excluding hydrogens is 324 g/mol. The smallest absolute Gasteiger partial charge is 0.319 e. The van der Waals surface area contributed by atoms with Gasteiger partial charge in [-0.25, -0.2) is 9.78 Å². The third kappa shape index (κ3) is 3.46. The topological polar surface area (TPSA) is 76.1 Å². The van der Waals surface area contributed by atoms with Crippen LogP contribution in [0.5, 0.6) is 5.75 Å². The Bertz CT molecular complexity index is 836. The number of nitrogens with one attached hydrogen (secondary N) is 2. The number of rotatable bonds is 5. The summed E-state index contributed by atoms with van der Waals surface area (Å²) in [5, 5.41) is 9.53. The Hall–Kier alpha value is -2.67. The molecule has 0 spiro atoms. The summed E-state index contributed by atoms with van der Waals surface area (Å²) in [6.07, 6.45) is 3.47. The molecule has 0 aliphatic rings. The number of urea groups is 1. The van der Waals surface area contributed by atoms with E-state index in [0.29, 0.717) is 23.5 Å². The van der Waals surface area contributed by atoms with Crippen LogP contribution in [0.25, 0.3) is 10.9 Å². The molecule has 6 nitrogen and oxygen atoms in total. The Morgan fingerprint density at radius 1 is 1.29 bits per heavy atom. The van der Waals surface area contributed by atoms with Crippen molar-refractivity contribution in [2.24, 2.45) is 0 Å². The molecule has 2 heterocycles. The first-order valence-corrected chi connectivity index (χ1v) is 8.43. The van der Waals surface area contributed by atoms with E-state index in [-0.39, 0.29) is 11.9 Å². The maximum Gasteiger partial charge on any atom is 0.319 e. The van der Waals surface area contributed by atoms with Crippen molar-refractivity contribution in [3.8, 4) is 5.75 Å². The van der Waals surface area contributed by atoms with Gasteiger partial charge in [-0.3, -0.25) is 4.98 Å². The number of benzene rings is 1. The van der Waals surface area contributed by atoms with Crippen molar-refractivity contribution in [1.29, 1.82) is 0 Å². The predicted octanol–water partition coefficient (Wildman–Crippen LogP) is 3.63. The molecule has 124 valence electrons. The number of thiazole rings is 1. The summed E-state index contributed by atoms with van der Waals surface area (Å²) < 4.78 is 5.31. The maximum absolute atomic E-state index is 12.2. The zero-order chi connectivity index (χ0) is 16.9. The van der Waals surface area contributed by atoms with E-state index in [1.54, 1.807) is 36.9 Å². The fraction of sp³-hybridized carbons (Fsp3) is 0.235. The molecule has 0 aliphatic heterocycles. The molecule has 2 amide bonds. The number of anilines is 1. The Morgan fingerprint density at radius 2 is 2.17 bits per heavy atom. The van der Waals surface area contributed by atoms with Crippen molar-refractivity contribution in [3.05, 3.63) is 47.0 Å². The van der Waals surface area contributed by atoms with Crippen LogP contribution in [0.3, 0.4) is 0 Å². The van der Waals surface area contributed by atoms with Gasteiger partial charge in [0.25, 0.3) is 0 Å². The number of pyridine rings is 1. The SMILES string of the molecule is COc1ccc(NC(=O)NC[C@H](C)c2nccs2)c2cccnc12. The number of amides is 2. The van der Waals surface area contributed by atoms with E-state index in [0.717, 1.165) is 10.4 Å². The lowest BCUT2D eigenvalue weighted by Gasteiger charge is -2.13. The molecule has 1 atom stereocenters. The van der Waals surface area contributed by atoms with Crippen molar-refractivity contribution < 1.29 is 9.53 Å². The summed E-state index contributed by atoms with van der Waals surface area (Å²) in [5.41, 5.74) is 1.41. The van der Waals surface area contributed by atoms with Gasteiger partial charge in [-0.2, -0.15) is 0 Å². The van der Waals surface area contributed by atoms with E-state index < -0.39 is 0 Å². The molecule has 2 N–H and O–H groups in total. The molecule has 7 heteroatoms. The van der Waals surface area contributed by atoms with Gasteiger partial charge in [0.05, 0.1) is 17.8 Å². The van der Waals surface area contributed by atoms with Crippen molar-refractivity contribution in [2.45, 2.75) is 12.8 Å². The van der Waals surface area contributed by atoms with Gasteiger partial charge >= 0.3 is 6.03 Å². The minimum atomic E-state index is -0.256. The average Bonchev–Trinajstić information content (AvgIpc) is 3.15. The summed E-state index contributed by atoms with van der Waals surface area (Å²) >= 11 is 1.59. The fourth-order valence-electron chi connectivity index (χ4n) is 2.40. The lowest BCUT2D eigenvalue weighted by Crippen LogP contribution is -2.31. The first-order chi connectivity index (χ1) is 11.7. The zero-order valence-electron chi connectivity index (χ0n) is 13.4. The first-order valence-electron chi connectivity index (χ1n) is 7.55. The number of carbonyl (C=O) groups excluding carboxylic acids is 1. The quantitative estimate of drug-likeness (QED) is 0.742. The van der Waals surface area contributed by atoms with Gasteiger partial charge < -0.3 is 15.4 Å². The van der Waals surface area contributed by atoms with Crippen molar-refractivity contribution >= 4 is 34.0 Å². The van der Waals surface area contributed by atoms with Crippen LogP contribution in [0, 0.1) is 0 Å². The summed E-state index contributed by atoms with van der Waals surface area (Å²) in [5.74, 6) is 0.846. The molecule has 2 aromatic heterocycles. The molecule has 0 bridgehead atoms. The Morgan fingerprint density at radius 3 is 2.92 bits per heavy atom. The standard InChI is InChI=1S/C17H18N4O2S/c1-11(16-19-8-9-24-16)10-20-17(22)21-13-5-6-14(23-2)15-12(13)4-3-7-18-15/h3-9,11H,10H2,1-2H3,(H2,20,21,22)/t11-/m0/s1. The largest absolute Gasteiger partial charge is 0.494 e. The van der Waals surface area contributed by atoms with Crippen molar-refractivity contribution in [1.82, 2.24) is 15.3 Å². The van der Waals surface area contributed by atoms with Gasteiger partial charge in [0.1, 0.15) is 11.3 Å². The van der Waals surface area contributed by atoms with E-state index in [9.17, 15) is 4.79 Å². The van der Waals surface area contributed by atoms with Gasteiger partial charge in [-0.1, -0.05) is 6.92 Å². The predicted molar refractivity (Wildman–Crippen MR) is 95.8 cm³/mol. The highest BCUT2D eigenvalue weighted by Gasteiger charge is 2.12. The monoisotopic (exact) mass is 342 g/mol. The van der Waals surface area contributed by atoms with Crippen LogP contribution < -0.4 is 15.4 Å². The summed E-state index contributed by atoms with van der Waals surface area (Å²) in [7, 11) is 1.60. The Kier molecular flexibility index (Phi) is 4.90. The second-order valence-electron chi connectivity index (χ2n) is 5.32. The molecular formula is C17H18N4O2S. The van der Waals surface area contributed by atoms with Crippen LogP contribution in [0.4, 0.5) is 10.5 Å². The van der Waals surface area contributed by atoms with Crippen molar-refractivity contribution in [3.63, 3.8) is 0 Å². The van der Waals surface area contributed by atoms with E-state index in [2.05, 4.69) is 20.6 Å². The van der Waals surface area contributed by atoms with Crippen molar-refractivity contribution in [2.75, 3.05) is 19.0 Å². The number of fused-ring (bicyclic) bond motifs is 1. The van der Waals surface area contributed by atoms with E-state index in [1.807, 2.05) is 30.5 Å². The van der Waals surface area contributed by atoms with Crippen LogP contribution in [-0.4, -0.2) is 29.7 Å².